The summed E-state index contributed by atoms with van der Waals surface area (Å²) in [6, 6.07) is 5.56. The zero-order chi connectivity index (χ0) is 20.1. The second kappa shape index (κ2) is 8.91. The van der Waals surface area contributed by atoms with Gasteiger partial charge in [0, 0.05) is 24.7 Å². The van der Waals surface area contributed by atoms with E-state index in [0.29, 0.717) is 36.6 Å². The summed E-state index contributed by atoms with van der Waals surface area (Å²) in [4.78, 5) is 11.4. The van der Waals surface area contributed by atoms with Crippen molar-refractivity contribution in [1.82, 2.24) is 30.2 Å². The average Bonchev–Trinajstić information content (AvgIpc) is 3.44. The molecule has 0 amide bonds. The van der Waals surface area contributed by atoms with Crippen LogP contribution in [-0.4, -0.2) is 56.5 Å². The molecule has 3 N–H and O–H groups in total. The smallest absolute Gasteiger partial charge is 0.228 e. The maximum absolute atomic E-state index is 5.91. The third-order valence-corrected chi connectivity index (χ3v) is 4.62. The van der Waals surface area contributed by atoms with Gasteiger partial charge >= 0.3 is 0 Å². The first-order valence-corrected chi connectivity index (χ1v) is 9.83. The van der Waals surface area contributed by atoms with E-state index in [1.165, 1.54) is 12.8 Å². The Kier molecular flexibility index (Phi) is 5.89. The lowest BCUT2D eigenvalue weighted by Gasteiger charge is -2.15. The summed E-state index contributed by atoms with van der Waals surface area (Å²) in [6.07, 6.45) is 2.53. The van der Waals surface area contributed by atoms with Crippen molar-refractivity contribution < 1.29 is 9.26 Å². The molecule has 4 rings (SSSR count). The maximum Gasteiger partial charge on any atom is 0.228 e. The summed E-state index contributed by atoms with van der Waals surface area (Å²) < 4.78 is 11.1. The van der Waals surface area contributed by atoms with Gasteiger partial charge in [0.05, 0.1) is 17.9 Å². The molecule has 1 saturated heterocycles. The minimum absolute atomic E-state index is 0.431. The Labute approximate surface area is 169 Å². The number of ether oxygens (including phenoxy) is 1. The number of rotatable bonds is 9. The third-order valence-electron chi connectivity index (χ3n) is 4.62. The lowest BCUT2D eigenvalue weighted by molar-refractivity contribution is 0.232. The number of nitrogens with zero attached hydrogens (tertiary/aromatic N) is 5. The molecule has 0 aromatic carbocycles. The Morgan fingerprint density at radius 2 is 2.00 bits per heavy atom. The number of aromatic nitrogens is 5. The highest BCUT2D eigenvalue weighted by Crippen LogP contribution is 2.20. The molecule has 10 nitrogen and oxygen atoms in total. The van der Waals surface area contributed by atoms with E-state index in [1.54, 1.807) is 6.07 Å². The quantitative estimate of drug-likeness (QED) is 0.500. The molecular formula is C19H26N8O2. The van der Waals surface area contributed by atoms with E-state index < -0.39 is 0 Å². The monoisotopic (exact) mass is 398 g/mol. The van der Waals surface area contributed by atoms with E-state index in [9.17, 15) is 0 Å². The molecule has 0 saturated carbocycles. The molecule has 10 heteroatoms. The van der Waals surface area contributed by atoms with E-state index >= 15 is 0 Å². The molecule has 0 spiro atoms. The summed E-state index contributed by atoms with van der Waals surface area (Å²) in [5.41, 5.74) is 1.72. The van der Waals surface area contributed by atoms with Crippen molar-refractivity contribution in [2.24, 2.45) is 0 Å². The van der Waals surface area contributed by atoms with Gasteiger partial charge in [0.1, 0.15) is 18.2 Å². The molecule has 3 aromatic rings. The average molecular weight is 398 g/mol. The number of hydrogen-bond donors (Lipinski definition) is 3. The van der Waals surface area contributed by atoms with Gasteiger partial charge in [-0.3, -0.25) is 10.00 Å². The predicted octanol–water partition coefficient (Wildman–Crippen LogP) is 2.63. The zero-order valence-corrected chi connectivity index (χ0v) is 16.7. The van der Waals surface area contributed by atoms with E-state index in [4.69, 9.17) is 9.26 Å². The molecule has 1 fully saturated rings. The maximum atomic E-state index is 5.91. The van der Waals surface area contributed by atoms with Crippen LogP contribution in [0.5, 0.6) is 5.88 Å². The molecule has 4 heterocycles. The molecule has 1 aliphatic rings. The Balaban J connectivity index is 1.44. The van der Waals surface area contributed by atoms with Crippen molar-refractivity contribution in [2.45, 2.75) is 33.2 Å². The Morgan fingerprint density at radius 3 is 2.72 bits per heavy atom. The molecular weight excluding hydrogens is 372 g/mol. The van der Waals surface area contributed by atoms with Gasteiger partial charge < -0.3 is 19.9 Å². The van der Waals surface area contributed by atoms with Crippen molar-refractivity contribution in [3.05, 3.63) is 35.3 Å². The third kappa shape index (κ3) is 5.44. The van der Waals surface area contributed by atoms with Crippen LogP contribution in [0.2, 0.25) is 0 Å². The minimum Gasteiger partial charge on any atom is -0.476 e. The van der Waals surface area contributed by atoms with Crippen LogP contribution in [0.1, 0.15) is 30.0 Å². The summed E-state index contributed by atoms with van der Waals surface area (Å²) in [7, 11) is 0. The van der Waals surface area contributed by atoms with Gasteiger partial charge in [-0.2, -0.15) is 15.1 Å². The number of hydrogen-bond acceptors (Lipinski definition) is 9. The summed E-state index contributed by atoms with van der Waals surface area (Å²) in [5.74, 6) is 3.02. The van der Waals surface area contributed by atoms with Crippen LogP contribution in [0.15, 0.2) is 22.7 Å². The molecule has 0 aliphatic carbocycles. The lowest BCUT2D eigenvalue weighted by atomic mass is 10.4. The fraction of sp³-hybridized carbons (Fsp3) is 0.474. The molecule has 0 atom stereocenters. The minimum atomic E-state index is 0.431. The highest BCUT2D eigenvalue weighted by atomic mass is 16.5. The SMILES string of the molecule is Cc1cc(Nc2cc(OCCN3CCCC3)nc(NCc3cc(C)no3)n2)[nH]n1. The topological polar surface area (TPSA) is 117 Å². The standard InChI is InChI=1S/C19H26N8O2/c1-13-10-17(25-24-13)21-16-11-18(28-8-7-27-5-3-4-6-27)23-19(22-16)20-12-15-9-14(2)26-29-15/h9-11H,3-8,12H2,1-2H3,(H3,20,21,22,23,24,25). The first-order valence-electron chi connectivity index (χ1n) is 9.83. The first kappa shape index (κ1) is 19.2. The summed E-state index contributed by atoms with van der Waals surface area (Å²) >= 11 is 0. The fourth-order valence-electron chi connectivity index (χ4n) is 3.22. The van der Waals surface area contributed by atoms with E-state index in [1.807, 2.05) is 26.0 Å². The van der Waals surface area contributed by atoms with Gasteiger partial charge in [-0.15, -0.1) is 0 Å². The molecule has 0 bridgehead atoms. The van der Waals surface area contributed by atoms with Crippen molar-refractivity contribution in [3.8, 4) is 5.88 Å². The first-order chi connectivity index (χ1) is 14.1. The Morgan fingerprint density at radius 1 is 1.14 bits per heavy atom. The Hall–Kier alpha value is -3.14. The van der Waals surface area contributed by atoms with Gasteiger partial charge in [0.2, 0.25) is 11.8 Å². The van der Waals surface area contributed by atoms with Crippen molar-refractivity contribution >= 4 is 17.6 Å². The fourth-order valence-corrected chi connectivity index (χ4v) is 3.22. The number of aromatic amines is 1. The number of nitrogens with one attached hydrogen (secondary N) is 3. The largest absolute Gasteiger partial charge is 0.476 e. The van der Waals surface area contributed by atoms with Crippen molar-refractivity contribution in [1.29, 1.82) is 0 Å². The summed E-state index contributed by atoms with van der Waals surface area (Å²) in [5, 5.41) is 17.3. The van der Waals surface area contributed by atoms with Gasteiger partial charge in [-0.05, 0) is 39.8 Å². The van der Waals surface area contributed by atoms with Crippen LogP contribution in [-0.2, 0) is 6.54 Å². The number of aryl methyl sites for hydroxylation is 2. The van der Waals surface area contributed by atoms with Crippen LogP contribution in [0.3, 0.4) is 0 Å². The molecule has 29 heavy (non-hydrogen) atoms. The zero-order valence-electron chi connectivity index (χ0n) is 16.7. The normalized spacial score (nSPS) is 14.3. The number of anilines is 3. The van der Waals surface area contributed by atoms with Crippen LogP contribution in [0.25, 0.3) is 0 Å². The van der Waals surface area contributed by atoms with Gasteiger partial charge in [-0.1, -0.05) is 5.16 Å². The van der Waals surface area contributed by atoms with E-state index in [0.717, 1.165) is 36.8 Å². The highest BCUT2D eigenvalue weighted by molar-refractivity contribution is 5.55. The number of H-pyrrole nitrogens is 1. The lowest BCUT2D eigenvalue weighted by Crippen LogP contribution is -2.25. The van der Waals surface area contributed by atoms with Gasteiger partial charge in [0.25, 0.3) is 0 Å². The molecule has 3 aromatic heterocycles. The van der Waals surface area contributed by atoms with E-state index in [-0.39, 0.29) is 0 Å². The molecule has 0 radical (unpaired) electrons. The molecule has 0 unspecified atom stereocenters. The Bertz CT molecular complexity index is 932. The molecule has 1 aliphatic heterocycles. The van der Waals surface area contributed by atoms with Gasteiger partial charge in [0.15, 0.2) is 5.76 Å². The van der Waals surface area contributed by atoms with Crippen LogP contribution in [0.4, 0.5) is 17.6 Å². The second-order valence-electron chi connectivity index (χ2n) is 7.15. The van der Waals surface area contributed by atoms with E-state index in [2.05, 4.69) is 40.9 Å². The van der Waals surface area contributed by atoms with Gasteiger partial charge in [-0.25, -0.2) is 0 Å². The highest BCUT2D eigenvalue weighted by Gasteiger charge is 2.12. The predicted molar refractivity (Wildman–Crippen MR) is 108 cm³/mol. The van der Waals surface area contributed by atoms with Crippen LogP contribution >= 0.6 is 0 Å². The van der Waals surface area contributed by atoms with Crippen molar-refractivity contribution in [2.75, 3.05) is 36.9 Å². The van der Waals surface area contributed by atoms with Crippen molar-refractivity contribution in [3.63, 3.8) is 0 Å². The van der Waals surface area contributed by atoms with Crippen LogP contribution in [0, 0.1) is 13.8 Å². The second-order valence-corrected chi connectivity index (χ2v) is 7.15. The molecule has 154 valence electrons. The van der Waals surface area contributed by atoms with Crippen LogP contribution < -0.4 is 15.4 Å². The summed E-state index contributed by atoms with van der Waals surface area (Å²) in [6.45, 7) is 7.99. The number of likely N-dealkylation sites (tertiary alicyclic amines) is 1.